The van der Waals surface area contributed by atoms with Gasteiger partial charge in [-0.15, -0.1) is 12.3 Å². The highest BCUT2D eigenvalue weighted by Crippen LogP contribution is 1.97. The Morgan fingerprint density at radius 3 is 2.80 bits per heavy atom. The minimum absolute atomic E-state index is 0.913. The summed E-state index contributed by atoms with van der Waals surface area (Å²) in [6, 6.07) is 0. The Kier molecular flexibility index (Phi) is 7.60. The average Bonchev–Trinajstić information content (AvgIpc) is 1.97. The number of hydrogen-bond donors (Lipinski definition) is 0. The Hall–Kier alpha value is -0.770. The quantitative estimate of drug-likeness (QED) is 0.313. The minimum atomic E-state index is 0.913. The molecule has 0 saturated heterocycles. The van der Waals surface area contributed by atoms with Crippen LogP contribution in [0.25, 0.3) is 0 Å². The first-order valence-electron chi connectivity index (χ1n) is 3.79. The van der Waals surface area contributed by atoms with Gasteiger partial charge in [0, 0.05) is 13.0 Å². The molecule has 10 heavy (non-hydrogen) atoms. The van der Waals surface area contributed by atoms with Crippen molar-refractivity contribution in [2.75, 3.05) is 6.54 Å². The molecule has 0 bridgehead atoms. The number of hydrogen-bond acceptors (Lipinski definition) is 1. The highest BCUT2D eigenvalue weighted by atomic mass is 14.7. The van der Waals surface area contributed by atoms with Gasteiger partial charge in [0.2, 0.25) is 0 Å². The Balaban J connectivity index is 2.85. The van der Waals surface area contributed by atoms with Crippen molar-refractivity contribution in [2.24, 2.45) is 4.99 Å². The van der Waals surface area contributed by atoms with Gasteiger partial charge in [0.25, 0.3) is 0 Å². The van der Waals surface area contributed by atoms with E-state index in [4.69, 9.17) is 6.42 Å². The molecule has 0 fully saturated rings. The van der Waals surface area contributed by atoms with E-state index in [0.717, 1.165) is 19.4 Å². The van der Waals surface area contributed by atoms with Crippen LogP contribution in [0, 0.1) is 12.3 Å². The molecule has 0 atom stereocenters. The van der Waals surface area contributed by atoms with Crippen molar-refractivity contribution in [1.29, 1.82) is 0 Å². The molecule has 0 aromatic heterocycles. The number of terminal acetylenes is 1. The summed E-state index contributed by atoms with van der Waals surface area (Å²) in [4.78, 5) is 4.09. The van der Waals surface area contributed by atoms with E-state index in [0.29, 0.717) is 0 Å². The summed E-state index contributed by atoms with van der Waals surface area (Å²) in [6.45, 7) is 2.91. The molecule has 0 amide bonds. The number of rotatable bonds is 5. The van der Waals surface area contributed by atoms with Gasteiger partial charge in [-0.1, -0.05) is 6.42 Å². The molecule has 1 heteroatoms. The zero-order chi connectivity index (χ0) is 7.66. The molecule has 0 aromatic carbocycles. The summed E-state index contributed by atoms with van der Waals surface area (Å²) in [5, 5.41) is 0. The zero-order valence-corrected chi connectivity index (χ0v) is 6.64. The van der Waals surface area contributed by atoms with Crippen molar-refractivity contribution < 1.29 is 0 Å². The first-order chi connectivity index (χ1) is 4.91. The van der Waals surface area contributed by atoms with Gasteiger partial charge in [0.15, 0.2) is 0 Å². The van der Waals surface area contributed by atoms with E-state index in [1.165, 1.54) is 12.8 Å². The van der Waals surface area contributed by atoms with Gasteiger partial charge in [-0.05, 0) is 26.0 Å². The molecule has 0 aliphatic heterocycles. The van der Waals surface area contributed by atoms with Crippen molar-refractivity contribution in [3.8, 4) is 12.3 Å². The fraction of sp³-hybridized carbons (Fsp3) is 0.667. The number of aliphatic imine (C=N–C) groups is 1. The fourth-order valence-electron chi connectivity index (χ4n) is 0.736. The third kappa shape index (κ3) is 7.23. The smallest absolute Gasteiger partial charge is 0.0385 e. The third-order valence-electron chi connectivity index (χ3n) is 1.29. The molecule has 0 heterocycles. The molecule has 0 aliphatic carbocycles. The second-order valence-corrected chi connectivity index (χ2v) is 2.18. The summed E-state index contributed by atoms with van der Waals surface area (Å²) < 4.78 is 0. The predicted octanol–water partition coefficient (Wildman–Crippen LogP) is 2.27. The standard InChI is InChI=1S/C9H15N/c1-3-5-6-7-8-9-10-4-2/h1,4H,5-9H2,2H3. The van der Waals surface area contributed by atoms with Crippen LogP contribution in [0.5, 0.6) is 0 Å². The summed E-state index contributed by atoms with van der Waals surface area (Å²) in [7, 11) is 0. The molecule has 0 spiro atoms. The highest BCUT2D eigenvalue weighted by molar-refractivity contribution is 5.53. The van der Waals surface area contributed by atoms with Crippen molar-refractivity contribution in [1.82, 2.24) is 0 Å². The van der Waals surface area contributed by atoms with Crippen LogP contribution >= 0.6 is 0 Å². The van der Waals surface area contributed by atoms with Crippen molar-refractivity contribution >= 4 is 6.21 Å². The van der Waals surface area contributed by atoms with Crippen LogP contribution in [0.1, 0.15) is 32.6 Å². The first-order valence-corrected chi connectivity index (χ1v) is 3.79. The topological polar surface area (TPSA) is 12.4 Å². The average molecular weight is 137 g/mol. The lowest BCUT2D eigenvalue weighted by Crippen LogP contribution is -1.81. The van der Waals surface area contributed by atoms with Gasteiger partial charge in [-0.25, -0.2) is 0 Å². The Morgan fingerprint density at radius 1 is 1.40 bits per heavy atom. The van der Waals surface area contributed by atoms with Crippen LogP contribution in [-0.2, 0) is 0 Å². The van der Waals surface area contributed by atoms with Crippen molar-refractivity contribution in [2.45, 2.75) is 32.6 Å². The zero-order valence-electron chi connectivity index (χ0n) is 6.64. The monoisotopic (exact) mass is 137 g/mol. The molecule has 0 aromatic rings. The van der Waals surface area contributed by atoms with Crippen molar-refractivity contribution in [3.63, 3.8) is 0 Å². The Bertz CT molecular complexity index is 119. The third-order valence-corrected chi connectivity index (χ3v) is 1.29. The van der Waals surface area contributed by atoms with Gasteiger partial charge in [0.1, 0.15) is 0 Å². The molecule has 0 N–H and O–H groups in total. The SMILES string of the molecule is C#CCCCCCN=CC. The maximum absolute atomic E-state index is 5.09. The van der Waals surface area contributed by atoms with E-state index in [1.807, 2.05) is 13.1 Å². The van der Waals surface area contributed by atoms with Crippen molar-refractivity contribution in [3.05, 3.63) is 0 Å². The highest BCUT2D eigenvalue weighted by Gasteiger charge is 1.84. The van der Waals surface area contributed by atoms with Crippen LogP contribution in [0.3, 0.4) is 0 Å². The second kappa shape index (κ2) is 8.23. The van der Waals surface area contributed by atoms with Gasteiger partial charge < -0.3 is 0 Å². The van der Waals surface area contributed by atoms with Gasteiger partial charge >= 0.3 is 0 Å². The van der Waals surface area contributed by atoms with Gasteiger partial charge in [-0.3, -0.25) is 4.99 Å². The Morgan fingerprint density at radius 2 is 2.20 bits per heavy atom. The van der Waals surface area contributed by atoms with E-state index in [1.54, 1.807) is 0 Å². The van der Waals surface area contributed by atoms with E-state index < -0.39 is 0 Å². The normalized spacial score (nSPS) is 10.0. The van der Waals surface area contributed by atoms with Crippen LogP contribution in [-0.4, -0.2) is 12.8 Å². The first kappa shape index (κ1) is 9.23. The van der Waals surface area contributed by atoms with E-state index in [9.17, 15) is 0 Å². The van der Waals surface area contributed by atoms with Crippen LogP contribution in [0.4, 0.5) is 0 Å². The molecular weight excluding hydrogens is 122 g/mol. The molecule has 0 radical (unpaired) electrons. The van der Waals surface area contributed by atoms with Gasteiger partial charge in [0.05, 0.1) is 0 Å². The lowest BCUT2D eigenvalue weighted by Gasteiger charge is -1.92. The molecule has 1 nitrogen and oxygen atoms in total. The molecule has 0 rings (SSSR count). The predicted molar refractivity (Wildman–Crippen MR) is 46.3 cm³/mol. The number of nitrogens with zero attached hydrogens (tertiary/aromatic N) is 1. The fourth-order valence-corrected chi connectivity index (χ4v) is 0.736. The van der Waals surface area contributed by atoms with Crippen LogP contribution in [0.15, 0.2) is 4.99 Å². The molecule has 0 aliphatic rings. The number of unbranched alkanes of at least 4 members (excludes halogenated alkanes) is 3. The summed E-state index contributed by atoms with van der Waals surface area (Å²) in [6.07, 6.45) is 11.4. The Labute approximate surface area is 63.6 Å². The van der Waals surface area contributed by atoms with Crippen LogP contribution in [0.2, 0.25) is 0 Å². The van der Waals surface area contributed by atoms with E-state index >= 15 is 0 Å². The largest absolute Gasteiger partial charge is 0.298 e. The van der Waals surface area contributed by atoms with Crippen LogP contribution < -0.4 is 0 Å². The molecule has 56 valence electrons. The summed E-state index contributed by atoms with van der Waals surface area (Å²) in [5.74, 6) is 2.62. The van der Waals surface area contributed by atoms with Gasteiger partial charge in [-0.2, -0.15) is 0 Å². The van der Waals surface area contributed by atoms with E-state index in [-0.39, 0.29) is 0 Å². The summed E-state index contributed by atoms with van der Waals surface area (Å²) in [5.41, 5.74) is 0. The lowest BCUT2D eigenvalue weighted by molar-refractivity contribution is 0.703. The molecule has 0 saturated carbocycles. The minimum Gasteiger partial charge on any atom is -0.298 e. The second-order valence-electron chi connectivity index (χ2n) is 2.18. The molecular formula is C9H15N. The summed E-state index contributed by atoms with van der Waals surface area (Å²) >= 11 is 0. The molecule has 0 unspecified atom stereocenters. The van der Waals surface area contributed by atoms with E-state index in [2.05, 4.69) is 10.9 Å². The lowest BCUT2D eigenvalue weighted by atomic mass is 10.2. The maximum atomic E-state index is 5.09. The maximum Gasteiger partial charge on any atom is 0.0385 e.